The molecule has 36 heavy (non-hydrogen) atoms. The Morgan fingerprint density at radius 2 is 1.17 bits per heavy atom. The fraction of sp³-hybridized carbons (Fsp3) is 0.333. The molecule has 0 aromatic heterocycles. The van der Waals surface area contributed by atoms with Gasteiger partial charge in [-0.15, -0.1) is 0 Å². The summed E-state index contributed by atoms with van der Waals surface area (Å²) in [6.07, 6.45) is 2.60. The molecule has 0 atom stereocenters. The Morgan fingerprint density at radius 3 is 1.78 bits per heavy atom. The summed E-state index contributed by atoms with van der Waals surface area (Å²) in [5.74, 6) is 0.0451. The quantitative estimate of drug-likeness (QED) is 0.381. The minimum absolute atomic E-state index is 0.147. The molecular weight excluding hydrogens is 442 g/mol. The van der Waals surface area contributed by atoms with Gasteiger partial charge in [0.15, 0.2) is 11.6 Å². The molecule has 0 saturated heterocycles. The molecule has 0 saturated carbocycles. The zero-order chi connectivity index (χ0) is 25.2. The monoisotopic (exact) mass is 475 g/mol. The lowest BCUT2D eigenvalue weighted by molar-refractivity contribution is -0.119. The van der Waals surface area contributed by atoms with Gasteiger partial charge in [-0.25, -0.2) is 0 Å². The highest BCUT2D eigenvalue weighted by molar-refractivity contribution is 6.09. The number of rotatable bonds is 2. The molecule has 0 N–H and O–H groups in total. The molecule has 0 radical (unpaired) electrons. The van der Waals surface area contributed by atoms with Crippen LogP contribution in [0.1, 0.15) is 64.9 Å². The molecule has 3 aromatic carbocycles. The molecular formula is C33H33NO2. The van der Waals surface area contributed by atoms with E-state index in [2.05, 4.69) is 87.2 Å². The van der Waals surface area contributed by atoms with Crippen LogP contribution in [-0.4, -0.2) is 11.6 Å². The van der Waals surface area contributed by atoms with Crippen LogP contribution in [0.4, 0.5) is 5.69 Å². The molecule has 0 bridgehead atoms. The number of hydrogen-bond acceptors (Lipinski definition) is 3. The van der Waals surface area contributed by atoms with E-state index in [9.17, 15) is 9.59 Å². The first kappa shape index (κ1) is 23.0. The fourth-order valence-electron chi connectivity index (χ4n) is 6.64. The van der Waals surface area contributed by atoms with Crippen LogP contribution in [0.2, 0.25) is 0 Å². The molecule has 1 aliphatic heterocycles. The van der Waals surface area contributed by atoms with Crippen LogP contribution in [-0.2, 0) is 9.59 Å². The van der Waals surface area contributed by atoms with Crippen molar-refractivity contribution in [2.45, 2.75) is 59.3 Å². The Kier molecular flexibility index (Phi) is 5.12. The van der Waals surface area contributed by atoms with Crippen LogP contribution in [0.25, 0.3) is 10.8 Å². The van der Waals surface area contributed by atoms with E-state index in [-0.39, 0.29) is 28.3 Å². The maximum Gasteiger partial charge on any atom is 0.162 e. The highest BCUT2D eigenvalue weighted by atomic mass is 16.1. The van der Waals surface area contributed by atoms with Gasteiger partial charge in [0.1, 0.15) is 0 Å². The minimum atomic E-state index is -0.297. The Bertz CT molecular complexity index is 1410. The lowest BCUT2D eigenvalue weighted by Gasteiger charge is -2.49. The van der Waals surface area contributed by atoms with Crippen LogP contribution in [0.15, 0.2) is 95.3 Å². The summed E-state index contributed by atoms with van der Waals surface area (Å²) < 4.78 is 0. The van der Waals surface area contributed by atoms with Crippen molar-refractivity contribution in [2.24, 2.45) is 10.8 Å². The number of anilines is 1. The van der Waals surface area contributed by atoms with Gasteiger partial charge in [0, 0.05) is 46.7 Å². The molecule has 3 aliphatic rings. The van der Waals surface area contributed by atoms with Gasteiger partial charge in [-0.05, 0) is 40.7 Å². The van der Waals surface area contributed by atoms with Crippen molar-refractivity contribution in [2.75, 3.05) is 4.90 Å². The maximum atomic E-state index is 14.0. The number of benzene rings is 3. The van der Waals surface area contributed by atoms with Crippen molar-refractivity contribution >= 4 is 28.0 Å². The topological polar surface area (TPSA) is 37.4 Å². The number of hydrogen-bond donors (Lipinski definition) is 0. The van der Waals surface area contributed by atoms with E-state index in [1.165, 1.54) is 0 Å². The molecule has 3 nitrogen and oxygen atoms in total. The Hall–Kier alpha value is -3.46. The first-order chi connectivity index (χ1) is 17.2. The van der Waals surface area contributed by atoms with Gasteiger partial charge < -0.3 is 4.90 Å². The largest absolute Gasteiger partial charge is 0.316 e. The smallest absolute Gasteiger partial charge is 0.162 e. The third-order valence-corrected chi connectivity index (χ3v) is 8.05. The summed E-state index contributed by atoms with van der Waals surface area (Å²) >= 11 is 0. The first-order valence-corrected chi connectivity index (χ1v) is 13.0. The zero-order valence-electron chi connectivity index (χ0n) is 21.6. The Balaban J connectivity index is 1.71. The third kappa shape index (κ3) is 3.64. The highest BCUT2D eigenvalue weighted by Crippen LogP contribution is 2.56. The summed E-state index contributed by atoms with van der Waals surface area (Å²) in [5.41, 5.74) is 5.60. The number of carbonyl (C=O) groups excluding carboxylic acids is 2. The van der Waals surface area contributed by atoms with E-state index in [1.54, 1.807) is 0 Å². The number of allylic oxidation sites excluding steroid dienone is 4. The predicted octanol–water partition coefficient (Wildman–Crippen LogP) is 7.73. The van der Waals surface area contributed by atoms with Gasteiger partial charge in [0.25, 0.3) is 0 Å². The van der Waals surface area contributed by atoms with Crippen LogP contribution < -0.4 is 4.90 Å². The number of Topliss-reactive ketones (excluding diaryl/α,β-unsaturated/α-hetero) is 2. The Morgan fingerprint density at radius 1 is 0.639 bits per heavy atom. The summed E-state index contributed by atoms with van der Waals surface area (Å²) in [4.78, 5) is 30.2. The third-order valence-electron chi connectivity index (χ3n) is 8.05. The van der Waals surface area contributed by atoms with Crippen molar-refractivity contribution in [3.8, 4) is 0 Å². The van der Waals surface area contributed by atoms with E-state index in [0.717, 1.165) is 57.4 Å². The lowest BCUT2D eigenvalue weighted by Crippen LogP contribution is -2.44. The number of nitrogens with zero attached hydrogens (tertiary/aromatic N) is 1. The average Bonchev–Trinajstić information content (AvgIpc) is 2.82. The summed E-state index contributed by atoms with van der Waals surface area (Å²) in [6, 6.07) is 25.0. The summed E-state index contributed by atoms with van der Waals surface area (Å²) in [5, 5.41) is 2.30. The van der Waals surface area contributed by atoms with Crippen LogP contribution in [0.3, 0.4) is 0 Å². The average molecular weight is 476 g/mol. The standard InChI is InChI=1S/C33H33NO2/c1-32(2)17-25-30(27(35)19-32)29(22-12-6-5-7-13-22)31-26(18-33(3,4)20-28(31)36)34(25)24-16-10-14-21-11-8-9-15-23(21)24/h5-16,29H,17-20H2,1-4H3. The van der Waals surface area contributed by atoms with Crippen molar-refractivity contribution in [3.63, 3.8) is 0 Å². The van der Waals surface area contributed by atoms with Crippen molar-refractivity contribution in [1.29, 1.82) is 0 Å². The molecule has 1 heterocycles. The number of ketones is 2. The summed E-state index contributed by atoms with van der Waals surface area (Å²) in [7, 11) is 0. The molecule has 2 aliphatic carbocycles. The molecule has 0 amide bonds. The first-order valence-electron chi connectivity index (χ1n) is 13.0. The van der Waals surface area contributed by atoms with Gasteiger partial charge in [-0.2, -0.15) is 0 Å². The minimum Gasteiger partial charge on any atom is -0.316 e. The second kappa shape index (κ2) is 8.03. The van der Waals surface area contributed by atoms with Crippen molar-refractivity contribution in [1.82, 2.24) is 0 Å². The molecule has 3 heteroatoms. The van der Waals surface area contributed by atoms with E-state index in [4.69, 9.17) is 0 Å². The zero-order valence-corrected chi connectivity index (χ0v) is 21.6. The number of fused-ring (bicyclic) bond motifs is 1. The van der Waals surface area contributed by atoms with Gasteiger partial charge in [0.2, 0.25) is 0 Å². The maximum absolute atomic E-state index is 14.0. The lowest BCUT2D eigenvalue weighted by atomic mass is 9.63. The predicted molar refractivity (Wildman–Crippen MR) is 146 cm³/mol. The SMILES string of the molecule is CC1(C)CC(=O)C2=C(C1)N(c1cccc3ccccc13)C1=C(C(=O)CC(C)(C)C1)C2c1ccccc1. The Labute approximate surface area is 213 Å². The second-order valence-electron chi connectivity index (χ2n) is 12.3. The second-order valence-corrected chi connectivity index (χ2v) is 12.3. The van der Waals surface area contributed by atoms with Crippen molar-refractivity contribution in [3.05, 3.63) is 101 Å². The van der Waals surface area contributed by atoms with E-state index in [0.29, 0.717) is 12.8 Å². The molecule has 3 aromatic rings. The number of carbonyl (C=O) groups is 2. The van der Waals surface area contributed by atoms with E-state index < -0.39 is 0 Å². The summed E-state index contributed by atoms with van der Waals surface area (Å²) in [6.45, 7) is 8.75. The molecule has 0 fully saturated rings. The van der Waals surface area contributed by atoms with E-state index in [1.807, 2.05) is 18.2 Å². The molecule has 0 spiro atoms. The van der Waals surface area contributed by atoms with Crippen LogP contribution in [0, 0.1) is 10.8 Å². The van der Waals surface area contributed by atoms with Gasteiger partial charge in [0.05, 0.1) is 5.69 Å². The fourth-order valence-corrected chi connectivity index (χ4v) is 6.64. The van der Waals surface area contributed by atoms with Gasteiger partial charge in [-0.3, -0.25) is 9.59 Å². The van der Waals surface area contributed by atoms with Gasteiger partial charge in [-0.1, -0.05) is 94.4 Å². The molecule has 6 rings (SSSR count). The molecule has 0 unspecified atom stereocenters. The highest BCUT2D eigenvalue weighted by Gasteiger charge is 2.49. The normalized spacial score (nSPS) is 21.6. The van der Waals surface area contributed by atoms with Crippen LogP contribution in [0.5, 0.6) is 0 Å². The molecule has 182 valence electrons. The van der Waals surface area contributed by atoms with Crippen molar-refractivity contribution < 1.29 is 9.59 Å². The van der Waals surface area contributed by atoms with Crippen LogP contribution >= 0.6 is 0 Å². The van der Waals surface area contributed by atoms with E-state index >= 15 is 0 Å². The van der Waals surface area contributed by atoms with Gasteiger partial charge >= 0.3 is 0 Å².